The Hall–Kier alpha value is -4.41. The van der Waals surface area contributed by atoms with E-state index < -0.39 is 29.2 Å². The molecule has 0 unspecified atom stereocenters. The number of benzene rings is 2. The molecule has 2 heterocycles. The highest BCUT2D eigenvalue weighted by Crippen LogP contribution is 2.33. The molecule has 0 fully saturated rings. The molecular weight excluding hydrogens is 437 g/mol. The van der Waals surface area contributed by atoms with E-state index in [1.165, 1.54) is 18.2 Å². The van der Waals surface area contributed by atoms with Gasteiger partial charge in [0.2, 0.25) is 0 Å². The first-order chi connectivity index (χ1) is 15.7. The molecule has 2 aromatic carbocycles. The summed E-state index contributed by atoms with van der Waals surface area (Å²) < 4.78 is 41.9. The first-order valence-electron chi connectivity index (χ1n) is 9.68. The second kappa shape index (κ2) is 8.61. The van der Waals surface area contributed by atoms with Crippen molar-refractivity contribution in [2.24, 2.45) is 0 Å². The van der Waals surface area contributed by atoms with Gasteiger partial charge in [0.15, 0.2) is 5.69 Å². The molecule has 0 aliphatic rings. The number of aromatic nitrogens is 4. The number of aromatic amines is 1. The number of nitrogens with one attached hydrogen (secondary N) is 3. The molecule has 2 aromatic heterocycles. The summed E-state index contributed by atoms with van der Waals surface area (Å²) >= 11 is 0. The molecule has 11 heteroatoms. The number of halogens is 3. The topological polar surface area (TPSA) is 105 Å². The van der Waals surface area contributed by atoms with Crippen LogP contribution in [0.25, 0.3) is 16.9 Å². The van der Waals surface area contributed by atoms with Gasteiger partial charge in [-0.2, -0.15) is 23.4 Å². The smallest absolute Gasteiger partial charge is 0.272 e. The zero-order valence-electron chi connectivity index (χ0n) is 17.1. The Morgan fingerprint density at radius 1 is 0.970 bits per heavy atom. The van der Waals surface area contributed by atoms with Crippen molar-refractivity contribution in [2.45, 2.75) is 13.1 Å². The highest BCUT2D eigenvalue weighted by Gasteiger charge is 2.40. The summed E-state index contributed by atoms with van der Waals surface area (Å²) in [7, 11) is 0. The lowest BCUT2D eigenvalue weighted by Crippen LogP contribution is -2.42. The van der Waals surface area contributed by atoms with Gasteiger partial charge in [-0.05, 0) is 25.1 Å². The molecule has 4 aromatic rings. The fraction of sp³-hybridized carbons (Fsp3) is 0.0909. The lowest BCUT2D eigenvalue weighted by atomic mass is 10.1. The molecule has 0 bridgehead atoms. The van der Waals surface area contributed by atoms with Gasteiger partial charge in [-0.3, -0.25) is 25.5 Å². The van der Waals surface area contributed by atoms with Crippen molar-refractivity contribution in [3.63, 3.8) is 0 Å². The number of rotatable bonds is 4. The van der Waals surface area contributed by atoms with Crippen LogP contribution in [0.2, 0.25) is 0 Å². The number of H-pyrrole nitrogens is 1. The maximum atomic E-state index is 13.8. The van der Waals surface area contributed by atoms with Crippen molar-refractivity contribution in [3.05, 3.63) is 89.4 Å². The largest absolute Gasteiger partial charge is 0.434 e. The fourth-order valence-corrected chi connectivity index (χ4v) is 3.11. The number of hydrogen-bond donors (Lipinski definition) is 3. The number of hydrazine groups is 1. The van der Waals surface area contributed by atoms with Crippen LogP contribution >= 0.6 is 0 Å². The quantitative estimate of drug-likeness (QED) is 0.409. The van der Waals surface area contributed by atoms with Crippen LogP contribution in [-0.4, -0.2) is 31.8 Å². The average molecular weight is 454 g/mol. The summed E-state index contributed by atoms with van der Waals surface area (Å²) in [5, 5.41) is 10.3. The number of alkyl halides is 3. The van der Waals surface area contributed by atoms with Gasteiger partial charge in [0.25, 0.3) is 11.8 Å². The van der Waals surface area contributed by atoms with Gasteiger partial charge in [0.1, 0.15) is 5.69 Å². The molecule has 0 radical (unpaired) electrons. The van der Waals surface area contributed by atoms with Gasteiger partial charge < -0.3 is 0 Å². The van der Waals surface area contributed by atoms with Crippen LogP contribution in [0, 0.1) is 6.92 Å². The second-order valence-corrected chi connectivity index (χ2v) is 7.09. The van der Waals surface area contributed by atoms with E-state index in [9.17, 15) is 22.8 Å². The lowest BCUT2D eigenvalue weighted by molar-refractivity contribution is -0.143. The minimum Gasteiger partial charge on any atom is -0.272 e. The Morgan fingerprint density at radius 3 is 2.30 bits per heavy atom. The van der Waals surface area contributed by atoms with Crippen LogP contribution in [0.4, 0.5) is 13.2 Å². The molecule has 0 aliphatic carbocycles. The van der Waals surface area contributed by atoms with Crippen molar-refractivity contribution in [2.75, 3.05) is 0 Å². The van der Waals surface area contributed by atoms with E-state index in [0.29, 0.717) is 10.4 Å². The SMILES string of the molecule is Cc1ccc(-n2ncc(C(=O)NNC(=O)c3cc(-c4ccccc4)n[nH]3)c2C(F)(F)F)cc1. The standard InChI is InChI=1S/C22H17F3N6O2/c1-13-7-9-15(10-8-13)31-19(22(23,24)25)16(12-26-31)20(32)29-30-21(33)18-11-17(27-28-18)14-5-3-2-4-6-14/h2-12H,1H3,(H,27,28)(H,29,32)(H,30,33). The van der Waals surface area contributed by atoms with E-state index in [4.69, 9.17) is 0 Å². The van der Waals surface area contributed by atoms with E-state index in [2.05, 4.69) is 20.7 Å². The Morgan fingerprint density at radius 2 is 1.64 bits per heavy atom. The highest BCUT2D eigenvalue weighted by molar-refractivity contribution is 5.99. The summed E-state index contributed by atoms with van der Waals surface area (Å²) in [5.41, 5.74) is 4.34. The summed E-state index contributed by atoms with van der Waals surface area (Å²) in [5.74, 6) is -1.95. The van der Waals surface area contributed by atoms with E-state index in [0.717, 1.165) is 17.3 Å². The second-order valence-electron chi connectivity index (χ2n) is 7.09. The van der Waals surface area contributed by atoms with Gasteiger partial charge >= 0.3 is 6.18 Å². The van der Waals surface area contributed by atoms with Crippen LogP contribution in [-0.2, 0) is 6.18 Å². The molecule has 0 atom stereocenters. The van der Waals surface area contributed by atoms with Crippen LogP contribution < -0.4 is 10.9 Å². The molecule has 2 amide bonds. The van der Waals surface area contributed by atoms with E-state index in [1.807, 2.05) is 11.5 Å². The summed E-state index contributed by atoms with van der Waals surface area (Å²) in [6.45, 7) is 1.79. The minimum atomic E-state index is -4.87. The Balaban J connectivity index is 1.51. The number of aryl methyl sites for hydroxylation is 1. The maximum absolute atomic E-state index is 13.8. The predicted octanol–water partition coefficient (Wildman–Crippen LogP) is 3.66. The normalized spacial score (nSPS) is 11.3. The molecule has 3 N–H and O–H groups in total. The first-order valence-corrected chi connectivity index (χ1v) is 9.68. The summed E-state index contributed by atoms with van der Waals surface area (Å²) in [6, 6.07) is 16.7. The Labute approximate surface area is 185 Å². The molecule has 4 rings (SSSR count). The van der Waals surface area contributed by atoms with E-state index >= 15 is 0 Å². The predicted molar refractivity (Wildman–Crippen MR) is 112 cm³/mol. The van der Waals surface area contributed by atoms with E-state index in [-0.39, 0.29) is 11.4 Å². The third-order valence-electron chi connectivity index (χ3n) is 4.74. The third-order valence-corrected chi connectivity index (χ3v) is 4.74. The van der Waals surface area contributed by atoms with Crippen molar-refractivity contribution < 1.29 is 22.8 Å². The van der Waals surface area contributed by atoms with Gasteiger partial charge in [0.05, 0.1) is 23.1 Å². The van der Waals surface area contributed by atoms with E-state index in [1.54, 1.807) is 43.3 Å². The zero-order chi connectivity index (χ0) is 23.6. The molecule has 0 aliphatic heterocycles. The lowest BCUT2D eigenvalue weighted by Gasteiger charge is -2.13. The number of amides is 2. The van der Waals surface area contributed by atoms with Gasteiger partial charge in [-0.25, -0.2) is 4.68 Å². The Bertz CT molecular complexity index is 1290. The molecule has 0 saturated carbocycles. The highest BCUT2D eigenvalue weighted by atomic mass is 19.4. The molecular formula is C22H17F3N6O2. The van der Waals surface area contributed by atoms with Crippen molar-refractivity contribution in [3.8, 4) is 16.9 Å². The van der Waals surface area contributed by atoms with Crippen molar-refractivity contribution in [1.29, 1.82) is 0 Å². The third kappa shape index (κ3) is 4.61. The van der Waals surface area contributed by atoms with Gasteiger partial charge in [0, 0.05) is 5.56 Å². The monoisotopic (exact) mass is 454 g/mol. The number of hydrogen-bond acceptors (Lipinski definition) is 4. The van der Waals surface area contributed by atoms with Crippen molar-refractivity contribution >= 4 is 11.8 Å². The molecule has 0 saturated heterocycles. The zero-order valence-corrected chi connectivity index (χ0v) is 17.1. The molecule has 168 valence electrons. The van der Waals surface area contributed by atoms with Crippen LogP contribution in [0.5, 0.6) is 0 Å². The van der Waals surface area contributed by atoms with Gasteiger partial charge in [-0.1, -0.05) is 48.0 Å². The molecule has 8 nitrogen and oxygen atoms in total. The van der Waals surface area contributed by atoms with Crippen LogP contribution in [0.15, 0.2) is 66.9 Å². The molecule has 0 spiro atoms. The number of carbonyl (C=O) groups is 2. The molecule has 33 heavy (non-hydrogen) atoms. The maximum Gasteiger partial charge on any atom is 0.434 e. The fourth-order valence-electron chi connectivity index (χ4n) is 3.11. The number of carbonyl (C=O) groups excluding carboxylic acids is 2. The minimum absolute atomic E-state index is 0.0144. The number of nitrogens with zero attached hydrogens (tertiary/aromatic N) is 3. The summed E-state index contributed by atoms with van der Waals surface area (Å²) in [6.07, 6.45) is -4.07. The van der Waals surface area contributed by atoms with Crippen LogP contribution in [0.1, 0.15) is 32.1 Å². The first kappa shape index (κ1) is 21.8. The average Bonchev–Trinajstić information content (AvgIpc) is 3.46. The van der Waals surface area contributed by atoms with Crippen molar-refractivity contribution in [1.82, 2.24) is 30.8 Å². The van der Waals surface area contributed by atoms with Crippen LogP contribution in [0.3, 0.4) is 0 Å². The van der Waals surface area contributed by atoms with Gasteiger partial charge in [-0.15, -0.1) is 0 Å². The Kier molecular flexibility index (Phi) is 5.69. The summed E-state index contributed by atoms with van der Waals surface area (Å²) in [4.78, 5) is 24.8.